The van der Waals surface area contributed by atoms with E-state index in [1.807, 2.05) is 13.8 Å². The van der Waals surface area contributed by atoms with E-state index in [4.69, 9.17) is 0 Å². The Labute approximate surface area is 122 Å². The summed E-state index contributed by atoms with van der Waals surface area (Å²) >= 11 is 0. The summed E-state index contributed by atoms with van der Waals surface area (Å²) < 4.78 is 26.1. The maximum Gasteiger partial charge on any atom is 0.242 e. The molecule has 0 spiro atoms. The van der Waals surface area contributed by atoms with Gasteiger partial charge in [0.05, 0.1) is 11.4 Å². The summed E-state index contributed by atoms with van der Waals surface area (Å²) in [5, 5.41) is 11.2. The highest BCUT2D eigenvalue weighted by molar-refractivity contribution is 5.27. The predicted octanol–water partition coefficient (Wildman–Crippen LogP) is 2.93. The van der Waals surface area contributed by atoms with Crippen LogP contribution in [-0.2, 0) is 19.3 Å². The van der Waals surface area contributed by atoms with E-state index in [0.717, 1.165) is 30.3 Å². The molecule has 0 aliphatic heterocycles. The van der Waals surface area contributed by atoms with Gasteiger partial charge in [-0.1, -0.05) is 13.8 Å². The largest absolute Gasteiger partial charge is 0.353 e. The van der Waals surface area contributed by atoms with Gasteiger partial charge in [0.2, 0.25) is 5.95 Å². The Morgan fingerprint density at radius 1 is 0.952 bits per heavy atom. The molecule has 1 heterocycles. The van der Waals surface area contributed by atoms with Crippen LogP contribution < -0.4 is 5.32 Å². The van der Waals surface area contributed by atoms with Gasteiger partial charge < -0.3 is 5.32 Å². The molecule has 1 aromatic carbocycles. The summed E-state index contributed by atoms with van der Waals surface area (Å²) in [6.45, 7) is 4.51. The monoisotopic (exact) mass is 292 g/mol. The second-order valence-corrected chi connectivity index (χ2v) is 4.69. The number of benzene rings is 1. The third-order valence-electron chi connectivity index (χ3n) is 3.13. The summed E-state index contributed by atoms with van der Waals surface area (Å²) in [7, 11) is 0. The van der Waals surface area contributed by atoms with Crippen molar-refractivity contribution < 1.29 is 8.78 Å². The normalized spacial score (nSPS) is 10.7. The Morgan fingerprint density at radius 3 is 2.24 bits per heavy atom. The molecule has 1 N–H and O–H groups in total. The maximum atomic E-state index is 13.1. The van der Waals surface area contributed by atoms with Crippen LogP contribution in [0.1, 0.15) is 30.8 Å². The number of anilines is 1. The lowest BCUT2D eigenvalue weighted by Crippen LogP contribution is -2.12. The number of nitrogens with zero attached hydrogens (tertiary/aromatic N) is 3. The van der Waals surface area contributed by atoms with Gasteiger partial charge in [-0.3, -0.25) is 0 Å². The molecule has 0 atom stereocenters. The van der Waals surface area contributed by atoms with Crippen LogP contribution >= 0.6 is 0 Å². The number of hydrogen-bond donors (Lipinski definition) is 1. The average Bonchev–Trinajstić information content (AvgIpc) is 2.46. The second kappa shape index (κ2) is 7.06. The molecule has 0 fully saturated rings. The van der Waals surface area contributed by atoms with Crippen molar-refractivity contribution in [2.24, 2.45) is 0 Å². The van der Waals surface area contributed by atoms with E-state index in [2.05, 4.69) is 20.5 Å². The molecule has 6 heteroatoms. The molecule has 0 aliphatic carbocycles. The number of aryl methyl sites for hydroxylation is 2. The first kappa shape index (κ1) is 15.3. The third-order valence-corrected chi connectivity index (χ3v) is 3.13. The van der Waals surface area contributed by atoms with Gasteiger partial charge >= 0.3 is 0 Å². The summed E-state index contributed by atoms with van der Waals surface area (Å²) in [5.41, 5.74) is 2.41. The van der Waals surface area contributed by atoms with Crippen molar-refractivity contribution in [3.05, 3.63) is 46.8 Å². The van der Waals surface area contributed by atoms with Crippen LogP contribution in [0, 0.1) is 11.6 Å². The van der Waals surface area contributed by atoms with Crippen LogP contribution in [-0.4, -0.2) is 21.7 Å². The number of hydrogen-bond acceptors (Lipinski definition) is 4. The van der Waals surface area contributed by atoms with E-state index >= 15 is 0 Å². The van der Waals surface area contributed by atoms with E-state index in [9.17, 15) is 8.78 Å². The standard InChI is InChI=1S/C15H18F2N4/c1-3-13-14(4-2)20-21-15(19-13)18-6-5-10-7-11(16)9-12(17)8-10/h7-9H,3-6H2,1-2H3,(H,18,19,21). The first-order chi connectivity index (χ1) is 10.1. The Kier molecular flexibility index (Phi) is 5.14. The molecule has 1 aromatic heterocycles. The zero-order valence-electron chi connectivity index (χ0n) is 12.2. The van der Waals surface area contributed by atoms with Gasteiger partial charge in [0.1, 0.15) is 11.6 Å². The fourth-order valence-electron chi connectivity index (χ4n) is 2.09. The highest BCUT2D eigenvalue weighted by atomic mass is 19.1. The molecule has 21 heavy (non-hydrogen) atoms. The Morgan fingerprint density at radius 2 is 1.62 bits per heavy atom. The van der Waals surface area contributed by atoms with E-state index < -0.39 is 11.6 Å². The van der Waals surface area contributed by atoms with Gasteiger partial charge in [-0.05, 0) is 37.0 Å². The SMILES string of the molecule is CCc1nnc(NCCc2cc(F)cc(F)c2)nc1CC. The zero-order valence-corrected chi connectivity index (χ0v) is 12.2. The van der Waals surface area contributed by atoms with Crippen molar-refractivity contribution in [2.45, 2.75) is 33.1 Å². The summed E-state index contributed by atoms with van der Waals surface area (Å²) in [5.74, 6) is -0.687. The summed E-state index contributed by atoms with van der Waals surface area (Å²) in [4.78, 5) is 4.40. The van der Waals surface area contributed by atoms with E-state index in [-0.39, 0.29) is 0 Å². The molecule has 0 saturated heterocycles. The Balaban J connectivity index is 1.97. The lowest BCUT2D eigenvalue weighted by molar-refractivity contribution is 0.580. The van der Waals surface area contributed by atoms with Crippen molar-refractivity contribution >= 4 is 5.95 Å². The number of rotatable bonds is 6. The molecule has 0 amide bonds. The van der Waals surface area contributed by atoms with Crippen LogP contribution in [0.15, 0.2) is 18.2 Å². The van der Waals surface area contributed by atoms with Crippen LogP contribution in [0.4, 0.5) is 14.7 Å². The van der Waals surface area contributed by atoms with Gasteiger partial charge in [-0.15, -0.1) is 5.10 Å². The van der Waals surface area contributed by atoms with Crippen LogP contribution in [0.3, 0.4) is 0 Å². The molecular weight excluding hydrogens is 274 g/mol. The minimum atomic E-state index is -0.566. The summed E-state index contributed by atoms with van der Waals surface area (Å²) in [6, 6.07) is 3.50. The lowest BCUT2D eigenvalue weighted by Gasteiger charge is -2.08. The van der Waals surface area contributed by atoms with Crippen LogP contribution in [0.25, 0.3) is 0 Å². The smallest absolute Gasteiger partial charge is 0.242 e. The van der Waals surface area contributed by atoms with Gasteiger partial charge in [-0.2, -0.15) is 5.10 Å². The van der Waals surface area contributed by atoms with Gasteiger partial charge in [0.15, 0.2) is 0 Å². The molecule has 4 nitrogen and oxygen atoms in total. The molecule has 112 valence electrons. The lowest BCUT2D eigenvalue weighted by atomic mass is 10.1. The van der Waals surface area contributed by atoms with Crippen molar-refractivity contribution in [3.8, 4) is 0 Å². The quantitative estimate of drug-likeness (QED) is 0.889. The number of nitrogens with one attached hydrogen (secondary N) is 1. The molecule has 2 aromatic rings. The van der Waals surface area contributed by atoms with Crippen LogP contribution in [0.5, 0.6) is 0 Å². The maximum absolute atomic E-state index is 13.1. The minimum absolute atomic E-state index is 0.445. The molecule has 0 saturated carbocycles. The highest BCUT2D eigenvalue weighted by Gasteiger charge is 2.06. The van der Waals surface area contributed by atoms with Gasteiger partial charge in [0.25, 0.3) is 0 Å². The zero-order chi connectivity index (χ0) is 15.2. The number of halogens is 2. The molecule has 2 rings (SSSR count). The Hall–Kier alpha value is -2.11. The van der Waals surface area contributed by atoms with Crippen molar-refractivity contribution in [3.63, 3.8) is 0 Å². The van der Waals surface area contributed by atoms with Gasteiger partial charge in [0, 0.05) is 12.6 Å². The molecule has 0 radical (unpaired) electrons. The fourth-order valence-corrected chi connectivity index (χ4v) is 2.09. The molecular formula is C15H18F2N4. The minimum Gasteiger partial charge on any atom is -0.353 e. The van der Waals surface area contributed by atoms with E-state index in [1.54, 1.807) is 0 Å². The third kappa shape index (κ3) is 4.18. The van der Waals surface area contributed by atoms with Crippen molar-refractivity contribution in [2.75, 3.05) is 11.9 Å². The van der Waals surface area contributed by atoms with E-state index in [0.29, 0.717) is 24.5 Å². The second-order valence-electron chi connectivity index (χ2n) is 4.69. The first-order valence-electron chi connectivity index (χ1n) is 7.03. The number of aromatic nitrogens is 3. The van der Waals surface area contributed by atoms with Gasteiger partial charge in [-0.25, -0.2) is 13.8 Å². The summed E-state index contributed by atoms with van der Waals surface area (Å²) in [6.07, 6.45) is 2.07. The molecule has 0 aliphatic rings. The van der Waals surface area contributed by atoms with Crippen LogP contribution in [0.2, 0.25) is 0 Å². The fraction of sp³-hybridized carbons (Fsp3) is 0.400. The molecule has 0 unspecified atom stereocenters. The molecule has 0 bridgehead atoms. The average molecular weight is 292 g/mol. The predicted molar refractivity (Wildman–Crippen MR) is 77.1 cm³/mol. The topological polar surface area (TPSA) is 50.7 Å². The van der Waals surface area contributed by atoms with E-state index in [1.165, 1.54) is 12.1 Å². The first-order valence-corrected chi connectivity index (χ1v) is 7.03. The van der Waals surface area contributed by atoms with Crippen molar-refractivity contribution in [1.82, 2.24) is 15.2 Å². The van der Waals surface area contributed by atoms with Crippen molar-refractivity contribution in [1.29, 1.82) is 0 Å². The highest BCUT2D eigenvalue weighted by Crippen LogP contribution is 2.10. The Bertz CT molecular complexity index is 596.